The van der Waals surface area contributed by atoms with E-state index in [0.717, 1.165) is 33.3 Å². The zero-order valence-electron chi connectivity index (χ0n) is 15.4. The monoisotopic (exact) mass is 409 g/mol. The Hall–Kier alpha value is -2.75. The van der Waals surface area contributed by atoms with Gasteiger partial charge in [-0.2, -0.15) is 0 Å². The molecule has 0 N–H and O–H groups in total. The standard InChI is InChI=1S/C23H17Cl2NO2/c1-14-3-8-17(11-20(14)25)26-21-13-23(15-4-6-16(24)7-5-15)28-22-10-9-18(27-2)12-19(21)22/h3-13H,1-2H3. The molecule has 0 fully saturated rings. The van der Waals surface area contributed by atoms with Gasteiger partial charge in [-0.3, -0.25) is 0 Å². The number of benzene rings is 3. The molecule has 0 radical (unpaired) electrons. The number of nitrogens with zero attached hydrogens (tertiary/aromatic N) is 1. The summed E-state index contributed by atoms with van der Waals surface area (Å²) in [6.45, 7) is 1.96. The maximum Gasteiger partial charge on any atom is 0.137 e. The fraction of sp³-hybridized carbons (Fsp3) is 0.0870. The van der Waals surface area contributed by atoms with Crippen LogP contribution in [0.3, 0.4) is 0 Å². The average Bonchev–Trinajstić information content (AvgIpc) is 2.71. The normalized spacial score (nSPS) is 11.8. The number of rotatable bonds is 3. The number of hydrogen-bond donors (Lipinski definition) is 0. The lowest BCUT2D eigenvalue weighted by molar-refractivity contribution is 0.415. The Balaban J connectivity index is 1.98. The molecule has 0 aliphatic rings. The highest BCUT2D eigenvalue weighted by atomic mass is 35.5. The van der Waals surface area contributed by atoms with E-state index >= 15 is 0 Å². The van der Waals surface area contributed by atoms with Crippen molar-refractivity contribution in [2.45, 2.75) is 6.92 Å². The van der Waals surface area contributed by atoms with E-state index in [-0.39, 0.29) is 0 Å². The van der Waals surface area contributed by atoms with Crippen LogP contribution in [0.2, 0.25) is 10.0 Å². The minimum Gasteiger partial charge on any atom is -0.497 e. The third-order valence-electron chi connectivity index (χ3n) is 4.48. The first kappa shape index (κ1) is 18.6. The van der Waals surface area contributed by atoms with Crippen molar-refractivity contribution in [3.63, 3.8) is 0 Å². The van der Waals surface area contributed by atoms with Gasteiger partial charge in [0.2, 0.25) is 0 Å². The molecule has 5 heteroatoms. The van der Waals surface area contributed by atoms with Gasteiger partial charge in [0.1, 0.15) is 17.1 Å². The molecule has 0 unspecified atom stereocenters. The van der Waals surface area contributed by atoms with Crippen molar-refractivity contribution in [3.05, 3.63) is 87.7 Å². The Morgan fingerprint density at radius 1 is 0.893 bits per heavy atom. The molecule has 0 aliphatic heterocycles. The average molecular weight is 410 g/mol. The van der Waals surface area contributed by atoms with Crippen LogP contribution < -0.4 is 10.1 Å². The first-order valence-electron chi connectivity index (χ1n) is 8.72. The van der Waals surface area contributed by atoms with Gasteiger partial charge in [0.25, 0.3) is 0 Å². The highest BCUT2D eigenvalue weighted by molar-refractivity contribution is 6.31. The smallest absolute Gasteiger partial charge is 0.137 e. The minimum absolute atomic E-state index is 0.675. The van der Waals surface area contributed by atoms with Crippen molar-refractivity contribution < 1.29 is 9.15 Å². The quantitative estimate of drug-likeness (QED) is 0.366. The summed E-state index contributed by atoms with van der Waals surface area (Å²) in [7, 11) is 1.64. The Bertz CT molecular complexity index is 1230. The van der Waals surface area contributed by atoms with E-state index in [1.54, 1.807) is 7.11 Å². The molecule has 28 heavy (non-hydrogen) atoms. The molecule has 4 aromatic rings. The lowest BCUT2D eigenvalue weighted by atomic mass is 10.1. The molecule has 0 spiro atoms. The van der Waals surface area contributed by atoms with E-state index in [4.69, 9.17) is 37.3 Å². The van der Waals surface area contributed by atoms with Crippen molar-refractivity contribution >= 4 is 39.9 Å². The Kier molecular flexibility index (Phi) is 5.12. The van der Waals surface area contributed by atoms with Crippen LogP contribution >= 0.6 is 23.2 Å². The van der Waals surface area contributed by atoms with Crippen molar-refractivity contribution in [1.82, 2.24) is 0 Å². The summed E-state index contributed by atoms with van der Waals surface area (Å²) in [5, 5.41) is 2.98. The van der Waals surface area contributed by atoms with Crippen LogP contribution in [0, 0.1) is 6.92 Å². The fourth-order valence-corrected chi connectivity index (χ4v) is 3.22. The number of methoxy groups -OCH3 is 1. The lowest BCUT2D eigenvalue weighted by Crippen LogP contribution is -2.03. The Labute approximate surface area is 172 Å². The van der Waals surface area contributed by atoms with Gasteiger partial charge in [-0.25, -0.2) is 4.99 Å². The van der Waals surface area contributed by atoms with Crippen LogP contribution in [0.15, 0.2) is 76.1 Å². The molecule has 1 heterocycles. The second-order valence-electron chi connectivity index (χ2n) is 6.41. The number of ether oxygens (including phenoxy) is 1. The largest absolute Gasteiger partial charge is 0.497 e. The SMILES string of the molecule is COc1ccc2oc(-c3ccc(Cl)cc3)cc(=Nc3ccc(C)c(Cl)c3)c2c1. The van der Waals surface area contributed by atoms with E-state index in [2.05, 4.69) is 0 Å². The van der Waals surface area contributed by atoms with Gasteiger partial charge in [-0.1, -0.05) is 29.3 Å². The Morgan fingerprint density at radius 3 is 2.39 bits per heavy atom. The number of hydrogen-bond acceptors (Lipinski definition) is 3. The second kappa shape index (κ2) is 7.70. The van der Waals surface area contributed by atoms with Crippen LogP contribution in [-0.2, 0) is 0 Å². The van der Waals surface area contributed by atoms with Crippen LogP contribution in [0.25, 0.3) is 22.3 Å². The topological polar surface area (TPSA) is 34.7 Å². The summed E-state index contributed by atoms with van der Waals surface area (Å²) in [6.07, 6.45) is 0. The molecule has 0 bridgehead atoms. The third kappa shape index (κ3) is 3.77. The van der Waals surface area contributed by atoms with Crippen molar-refractivity contribution in [2.24, 2.45) is 4.99 Å². The first-order valence-corrected chi connectivity index (χ1v) is 9.48. The number of fused-ring (bicyclic) bond motifs is 1. The second-order valence-corrected chi connectivity index (χ2v) is 7.25. The minimum atomic E-state index is 0.675. The summed E-state index contributed by atoms with van der Waals surface area (Å²) < 4.78 is 11.5. The van der Waals surface area contributed by atoms with E-state index < -0.39 is 0 Å². The van der Waals surface area contributed by atoms with Gasteiger partial charge < -0.3 is 9.15 Å². The molecule has 140 valence electrons. The fourth-order valence-electron chi connectivity index (χ4n) is 2.91. The first-order chi connectivity index (χ1) is 13.5. The Morgan fingerprint density at radius 2 is 1.68 bits per heavy atom. The highest BCUT2D eigenvalue weighted by Gasteiger charge is 2.08. The maximum atomic E-state index is 6.28. The highest BCUT2D eigenvalue weighted by Crippen LogP contribution is 2.27. The van der Waals surface area contributed by atoms with E-state index in [0.29, 0.717) is 21.4 Å². The van der Waals surface area contributed by atoms with Gasteiger partial charge in [-0.15, -0.1) is 0 Å². The van der Waals surface area contributed by atoms with Gasteiger partial charge >= 0.3 is 0 Å². The molecule has 0 saturated carbocycles. The summed E-state index contributed by atoms with van der Waals surface area (Å²) in [5.74, 6) is 1.44. The van der Waals surface area contributed by atoms with Crippen molar-refractivity contribution in [2.75, 3.05) is 7.11 Å². The molecule has 0 atom stereocenters. The van der Waals surface area contributed by atoms with E-state index in [1.165, 1.54) is 0 Å². The van der Waals surface area contributed by atoms with Crippen LogP contribution in [-0.4, -0.2) is 7.11 Å². The molecule has 0 amide bonds. The predicted octanol–water partition coefficient (Wildman–Crippen LogP) is 6.96. The molecular formula is C23H17Cl2NO2. The van der Waals surface area contributed by atoms with Crippen LogP contribution in [0.5, 0.6) is 5.75 Å². The van der Waals surface area contributed by atoms with Crippen LogP contribution in [0.4, 0.5) is 5.69 Å². The zero-order valence-corrected chi connectivity index (χ0v) is 16.9. The summed E-state index contributed by atoms with van der Waals surface area (Å²) in [4.78, 5) is 4.82. The summed E-state index contributed by atoms with van der Waals surface area (Å²) in [6, 6.07) is 20.8. The molecule has 0 aliphatic carbocycles. The van der Waals surface area contributed by atoms with Gasteiger partial charge in [-0.05, 0) is 67.1 Å². The number of aryl methyl sites for hydroxylation is 1. The van der Waals surface area contributed by atoms with Crippen LogP contribution in [0.1, 0.15) is 5.56 Å². The van der Waals surface area contributed by atoms with Gasteiger partial charge in [0.05, 0.1) is 18.2 Å². The summed E-state index contributed by atoms with van der Waals surface area (Å²) >= 11 is 12.3. The number of halogens is 2. The zero-order chi connectivity index (χ0) is 19.7. The lowest BCUT2D eigenvalue weighted by Gasteiger charge is -2.07. The van der Waals surface area contributed by atoms with E-state index in [1.807, 2.05) is 73.7 Å². The molecule has 3 nitrogen and oxygen atoms in total. The predicted molar refractivity (Wildman–Crippen MR) is 115 cm³/mol. The summed E-state index contributed by atoms with van der Waals surface area (Å²) in [5.41, 5.74) is 3.41. The molecular weight excluding hydrogens is 393 g/mol. The third-order valence-corrected chi connectivity index (χ3v) is 5.14. The molecule has 0 saturated heterocycles. The maximum absolute atomic E-state index is 6.28. The molecule has 3 aromatic carbocycles. The molecule has 4 rings (SSSR count). The van der Waals surface area contributed by atoms with E-state index in [9.17, 15) is 0 Å². The molecule has 1 aromatic heterocycles. The van der Waals surface area contributed by atoms with Crippen molar-refractivity contribution in [3.8, 4) is 17.1 Å². The van der Waals surface area contributed by atoms with Gasteiger partial charge in [0, 0.05) is 27.1 Å². The van der Waals surface area contributed by atoms with Crippen molar-refractivity contribution in [1.29, 1.82) is 0 Å². The van der Waals surface area contributed by atoms with Gasteiger partial charge in [0.15, 0.2) is 0 Å².